The molecule has 0 radical (unpaired) electrons. The molecule has 2 amide bonds. The van der Waals surface area contributed by atoms with E-state index >= 15 is 0 Å². The first kappa shape index (κ1) is 16.1. The van der Waals surface area contributed by atoms with Crippen LogP contribution < -0.4 is 15.8 Å². The maximum Gasteiger partial charge on any atom is 0.407 e. The van der Waals surface area contributed by atoms with Gasteiger partial charge in [-0.1, -0.05) is 6.92 Å². The lowest BCUT2D eigenvalue weighted by Gasteiger charge is -2.16. The molecule has 3 aromatic rings. The van der Waals surface area contributed by atoms with E-state index in [-0.39, 0.29) is 18.8 Å². The van der Waals surface area contributed by atoms with Crippen LogP contribution in [0.3, 0.4) is 0 Å². The number of nitrogens with one attached hydrogen (secondary N) is 1. The van der Waals surface area contributed by atoms with Gasteiger partial charge in [-0.15, -0.1) is 0 Å². The van der Waals surface area contributed by atoms with Crippen LogP contribution in [0.1, 0.15) is 23.7 Å². The Bertz CT molecular complexity index is 1010. The topological polar surface area (TPSA) is 121 Å². The van der Waals surface area contributed by atoms with E-state index in [1.807, 2.05) is 6.92 Å². The van der Waals surface area contributed by atoms with Crippen LogP contribution in [0.15, 0.2) is 30.7 Å². The Labute approximate surface area is 148 Å². The Balaban J connectivity index is 1.73. The summed E-state index contributed by atoms with van der Waals surface area (Å²) in [7, 11) is 0. The summed E-state index contributed by atoms with van der Waals surface area (Å²) in [5.41, 5.74) is 6.89. The number of aromatic nitrogens is 3. The number of hydrogen-bond donors (Lipinski definition) is 2. The third-order valence-electron chi connectivity index (χ3n) is 4.42. The molecule has 0 spiro atoms. The highest BCUT2D eigenvalue weighted by molar-refractivity contribution is 6.03. The highest BCUT2D eigenvalue weighted by Gasteiger charge is 2.33. The molecule has 3 N–H and O–H groups in total. The molecule has 0 aliphatic carbocycles. The van der Waals surface area contributed by atoms with E-state index < -0.39 is 12.0 Å². The zero-order valence-corrected chi connectivity index (χ0v) is 14.0. The number of alkyl carbamates (subject to hydrolysis) is 1. The second kappa shape index (κ2) is 6.17. The average Bonchev–Trinajstić information content (AvgIpc) is 3.25. The fraction of sp³-hybridized carbons (Fsp3) is 0.294. The zero-order valence-electron chi connectivity index (χ0n) is 14.0. The number of hydrogen-bond acceptors (Lipinski definition) is 6. The molecule has 26 heavy (non-hydrogen) atoms. The Morgan fingerprint density at radius 3 is 3.04 bits per heavy atom. The minimum absolute atomic E-state index is 0.212. The number of nitrogens with zero attached hydrogens (tertiary/aromatic N) is 3. The molecule has 0 bridgehead atoms. The first-order valence-corrected chi connectivity index (χ1v) is 8.23. The van der Waals surface area contributed by atoms with Crippen LogP contribution in [0.25, 0.3) is 16.6 Å². The Hall–Kier alpha value is -3.36. The molecule has 1 fully saturated rings. The van der Waals surface area contributed by atoms with Crippen molar-refractivity contribution in [1.29, 1.82) is 0 Å². The second-order valence-corrected chi connectivity index (χ2v) is 6.01. The minimum Gasteiger partial charge on any atom is -0.474 e. The molecule has 0 saturated carbocycles. The molecule has 2 atom stereocenters. The Morgan fingerprint density at radius 1 is 1.42 bits per heavy atom. The molecular weight excluding hydrogens is 338 g/mol. The number of primary amides is 1. The number of fused-ring (bicyclic) bond motifs is 3. The number of rotatable bonds is 5. The summed E-state index contributed by atoms with van der Waals surface area (Å²) in [6, 6.07) is 3.18. The van der Waals surface area contributed by atoms with Gasteiger partial charge < -0.3 is 20.5 Å². The molecule has 0 unspecified atom stereocenters. The normalized spacial score (nSPS) is 19.5. The quantitative estimate of drug-likeness (QED) is 0.710. The summed E-state index contributed by atoms with van der Waals surface area (Å²) in [6.45, 7) is 2.15. The van der Waals surface area contributed by atoms with Gasteiger partial charge in [0.1, 0.15) is 29.9 Å². The molecule has 0 aromatic carbocycles. The van der Waals surface area contributed by atoms with Gasteiger partial charge in [0, 0.05) is 24.0 Å². The van der Waals surface area contributed by atoms with Gasteiger partial charge in [0.2, 0.25) is 5.88 Å². The van der Waals surface area contributed by atoms with E-state index in [0.717, 1.165) is 5.39 Å². The van der Waals surface area contributed by atoms with Gasteiger partial charge in [0.15, 0.2) is 0 Å². The number of nitrogens with two attached hydrogens (primary N) is 1. The summed E-state index contributed by atoms with van der Waals surface area (Å²) in [4.78, 5) is 31.6. The Morgan fingerprint density at radius 2 is 2.27 bits per heavy atom. The summed E-state index contributed by atoms with van der Waals surface area (Å²) < 4.78 is 12.8. The first-order chi connectivity index (χ1) is 12.6. The monoisotopic (exact) mass is 355 g/mol. The third kappa shape index (κ3) is 2.57. The van der Waals surface area contributed by atoms with Crippen molar-refractivity contribution in [3.05, 3.63) is 36.3 Å². The summed E-state index contributed by atoms with van der Waals surface area (Å²) >= 11 is 0. The third-order valence-corrected chi connectivity index (χ3v) is 4.42. The number of carbonyl (C=O) groups excluding carboxylic acids is 2. The van der Waals surface area contributed by atoms with E-state index in [1.54, 1.807) is 35.1 Å². The van der Waals surface area contributed by atoms with Gasteiger partial charge in [0.05, 0.1) is 5.56 Å². The van der Waals surface area contributed by atoms with Gasteiger partial charge in [-0.3, -0.25) is 9.20 Å². The lowest BCUT2D eigenvalue weighted by molar-refractivity contribution is 0.100. The Kier molecular flexibility index (Phi) is 3.83. The van der Waals surface area contributed by atoms with Crippen molar-refractivity contribution in [3.63, 3.8) is 0 Å². The largest absolute Gasteiger partial charge is 0.474 e. The second-order valence-electron chi connectivity index (χ2n) is 6.01. The molecule has 1 aliphatic heterocycles. The predicted octanol–water partition coefficient (Wildman–Crippen LogP) is 1.25. The van der Waals surface area contributed by atoms with Gasteiger partial charge in [-0.05, 0) is 18.6 Å². The van der Waals surface area contributed by atoms with Crippen molar-refractivity contribution in [2.75, 3.05) is 6.61 Å². The van der Waals surface area contributed by atoms with Gasteiger partial charge in [-0.25, -0.2) is 14.8 Å². The standard InChI is InChI=1S/C17H17N5O4/c1-2-12-11(21-17(24)26-12)8-25-16-13-9(3-4-20-16)7-10(14(18)23)15-19-5-6-22(13)15/h3-7,11-12H,2,8H2,1H3,(H2,18,23)(H,21,24)/t11-,12+/m0/s1. The minimum atomic E-state index is -0.556. The number of pyridine rings is 2. The fourth-order valence-electron chi connectivity index (χ4n) is 3.18. The molecular formula is C17H17N5O4. The molecule has 4 heterocycles. The van der Waals surface area contributed by atoms with Gasteiger partial charge >= 0.3 is 6.09 Å². The molecule has 134 valence electrons. The summed E-state index contributed by atoms with van der Waals surface area (Å²) in [5.74, 6) is -0.184. The van der Waals surface area contributed by atoms with E-state index in [4.69, 9.17) is 15.2 Å². The molecule has 3 aromatic heterocycles. The smallest absolute Gasteiger partial charge is 0.407 e. The van der Waals surface area contributed by atoms with E-state index in [2.05, 4.69) is 15.3 Å². The lowest BCUT2D eigenvalue weighted by atomic mass is 10.1. The maximum absolute atomic E-state index is 11.7. The van der Waals surface area contributed by atoms with Crippen LogP contribution in [-0.4, -0.2) is 45.1 Å². The van der Waals surface area contributed by atoms with E-state index in [0.29, 0.717) is 29.0 Å². The van der Waals surface area contributed by atoms with Crippen molar-refractivity contribution < 1.29 is 19.1 Å². The molecule has 9 heteroatoms. The number of carbonyl (C=O) groups is 2. The van der Waals surface area contributed by atoms with Crippen molar-refractivity contribution in [1.82, 2.24) is 19.7 Å². The number of amides is 2. The van der Waals surface area contributed by atoms with Crippen molar-refractivity contribution >= 4 is 28.6 Å². The average molecular weight is 355 g/mol. The van der Waals surface area contributed by atoms with Crippen molar-refractivity contribution in [2.24, 2.45) is 5.73 Å². The molecule has 4 rings (SSSR count). The van der Waals surface area contributed by atoms with Crippen molar-refractivity contribution in [3.8, 4) is 5.88 Å². The molecule has 9 nitrogen and oxygen atoms in total. The van der Waals surface area contributed by atoms with Crippen LogP contribution in [0.5, 0.6) is 5.88 Å². The van der Waals surface area contributed by atoms with Crippen LogP contribution in [0.2, 0.25) is 0 Å². The van der Waals surface area contributed by atoms with Crippen LogP contribution >= 0.6 is 0 Å². The first-order valence-electron chi connectivity index (χ1n) is 8.23. The highest BCUT2D eigenvalue weighted by Crippen LogP contribution is 2.27. The van der Waals surface area contributed by atoms with E-state index in [9.17, 15) is 9.59 Å². The van der Waals surface area contributed by atoms with Crippen LogP contribution in [-0.2, 0) is 4.74 Å². The SMILES string of the molecule is CC[C@H]1OC(=O)N[C@H]1COc1nccc2cc(C(N)=O)c3nccn3c12. The highest BCUT2D eigenvalue weighted by atomic mass is 16.6. The fourth-order valence-corrected chi connectivity index (χ4v) is 3.18. The van der Waals surface area contributed by atoms with Crippen LogP contribution in [0.4, 0.5) is 4.79 Å². The van der Waals surface area contributed by atoms with Gasteiger partial charge in [-0.2, -0.15) is 0 Å². The predicted molar refractivity (Wildman–Crippen MR) is 92.0 cm³/mol. The lowest BCUT2D eigenvalue weighted by Crippen LogP contribution is -2.37. The van der Waals surface area contributed by atoms with Gasteiger partial charge in [0.25, 0.3) is 5.91 Å². The number of cyclic esters (lactones) is 1. The maximum atomic E-state index is 11.7. The number of imidazole rings is 1. The van der Waals surface area contributed by atoms with E-state index in [1.165, 1.54) is 0 Å². The molecule has 1 aliphatic rings. The number of ether oxygens (including phenoxy) is 2. The zero-order chi connectivity index (χ0) is 18.3. The summed E-state index contributed by atoms with van der Waals surface area (Å²) in [5, 5.41) is 3.48. The van der Waals surface area contributed by atoms with Crippen LogP contribution in [0, 0.1) is 0 Å². The summed E-state index contributed by atoms with van der Waals surface area (Å²) in [6.07, 6.45) is 4.88. The molecule has 1 saturated heterocycles. The van der Waals surface area contributed by atoms with Crippen molar-refractivity contribution in [2.45, 2.75) is 25.5 Å².